The number of hydrogen-bond acceptors (Lipinski definition) is 4. The van der Waals surface area contributed by atoms with Crippen LogP contribution in [0.25, 0.3) is 0 Å². The summed E-state index contributed by atoms with van der Waals surface area (Å²) in [7, 11) is 0. The number of benzene rings is 2. The number of nitrogens with one attached hydrogen (secondary N) is 1. The molecule has 5 rings (SSSR count). The SMILES string of the molecule is Cc1ccc([C@H](c2c(NC(=O)c3ccco3)sc(C)c2C)N2CCC(Cc3ccccc3)CC2)cc1. The van der Waals surface area contributed by atoms with E-state index in [4.69, 9.17) is 4.42 Å². The Morgan fingerprint density at radius 1 is 1.00 bits per heavy atom. The van der Waals surface area contributed by atoms with Gasteiger partial charge in [0.1, 0.15) is 5.00 Å². The highest BCUT2D eigenvalue weighted by molar-refractivity contribution is 7.16. The van der Waals surface area contributed by atoms with Crippen LogP contribution < -0.4 is 5.32 Å². The Balaban J connectivity index is 1.44. The molecule has 0 spiro atoms. The summed E-state index contributed by atoms with van der Waals surface area (Å²) in [6.45, 7) is 8.53. The summed E-state index contributed by atoms with van der Waals surface area (Å²) >= 11 is 1.66. The van der Waals surface area contributed by atoms with Gasteiger partial charge in [0.05, 0.1) is 12.3 Å². The van der Waals surface area contributed by atoms with Crippen molar-refractivity contribution in [1.82, 2.24) is 4.90 Å². The molecule has 4 nitrogen and oxygen atoms in total. The molecule has 4 aromatic rings. The predicted molar refractivity (Wildman–Crippen MR) is 148 cm³/mol. The molecule has 3 heterocycles. The Morgan fingerprint density at radius 2 is 1.72 bits per heavy atom. The number of anilines is 1. The number of nitrogens with zero attached hydrogens (tertiary/aromatic N) is 1. The largest absolute Gasteiger partial charge is 0.459 e. The number of furan rings is 1. The van der Waals surface area contributed by atoms with Crippen LogP contribution in [-0.4, -0.2) is 23.9 Å². The number of hydrogen-bond donors (Lipinski definition) is 1. The summed E-state index contributed by atoms with van der Waals surface area (Å²) < 4.78 is 5.36. The number of likely N-dealkylation sites (tertiary alicyclic amines) is 1. The van der Waals surface area contributed by atoms with Gasteiger partial charge in [0.25, 0.3) is 5.91 Å². The third kappa shape index (κ3) is 5.32. The van der Waals surface area contributed by atoms with Crippen LogP contribution in [0.4, 0.5) is 5.00 Å². The highest BCUT2D eigenvalue weighted by Gasteiger charge is 2.32. The Morgan fingerprint density at radius 3 is 2.39 bits per heavy atom. The lowest BCUT2D eigenvalue weighted by Gasteiger charge is -2.38. The zero-order chi connectivity index (χ0) is 25.1. The molecular weight excluding hydrogens is 464 g/mol. The summed E-state index contributed by atoms with van der Waals surface area (Å²) in [5, 5.41) is 4.10. The summed E-state index contributed by atoms with van der Waals surface area (Å²) in [5.74, 6) is 0.829. The first-order chi connectivity index (χ1) is 17.5. The van der Waals surface area contributed by atoms with E-state index in [9.17, 15) is 4.79 Å². The van der Waals surface area contributed by atoms with E-state index in [-0.39, 0.29) is 11.9 Å². The quantitative estimate of drug-likeness (QED) is 0.286. The van der Waals surface area contributed by atoms with Gasteiger partial charge in [-0.05, 0) is 87.9 Å². The lowest BCUT2D eigenvalue weighted by molar-refractivity contribution is 0.0996. The minimum absolute atomic E-state index is 0.0973. The number of piperidine rings is 1. The maximum Gasteiger partial charge on any atom is 0.291 e. The average Bonchev–Trinajstić information content (AvgIpc) is 3.52. The van der Waals surface area contributed by atoms with Crippen molar-refractivity contribution in [1.29, 1.82) is 0 Å². The number of thiophene rings is 1. The fourth-order valence-corrected chi connectivity index (χ4v) is 6.40. The molecule has 0 bridgehead atoms. The maximum atomic E-state index is 12.9. The Hall–Kier alpha value is -3.15. The van der Waals surface area contributed by atoms with Crippen molar-refractivity contribution >= 4 is 22.2 Å². The van der Waals surface area contributed by atoms with Gasteiger partial charge >= 0.3 is 0 Å². The van der Waals surface area contributed by atoms with E-state index in [2.05, 4.69) is 85.6 Å². The molecule has 0 aliphatic carbocycles. The minimum Gasteiger partial charge on any atom is -0.459 e. The van der Waals surface area contributed by atoms with Gasteiger partial charge in [-0.15, -0.1) is 11.3 Å². The molecule has 1 aliphatic rings. The molecule has 2 aromatic carbocycles. The average molecular weight is 499 g/mol. The van der Waals surface area contributed by atoms with Crippen molar-refractivity contribution < 1.29 is 9.21 Å². The Labute approximate surface area is 218 Å². The summed E-state index contributed by atoms with van der Waals surface area (Å²) in [4.78, 5) is 16.8. The summed E-state index contributed by atoms with van der Waals surface area (Å²) in [6, 6.07) is 23.3. The van der Waals surface area contributed by atoms with E-state index in [0.717, 1.165) is 24.5 Å². The second-order valence-corrected chi connectivity index (χ2v) is 11.2. The first-order valence-corrected chi connectivity index (χ1v) is 13.6. The van der Waals surface area contributed by atoms with Crippen LogP contribution in [0.1, 0.15) is 62.1 Å². The van der Waals surface area contributed by atoms with Gasteiger partial charge < -0.3 is 9.73 Å². The monoisotopic (exact) mass is 498 g/mol. The fraction of sp³-hybridized carbons (Fsp3) is 0.323. The van der Waals surface area contributed by atoms with Gasteiger partial charge in [-0.3, -0.25) is 9.69 Å². The molecule has 0 unspecified atom stereocenters. The van der Waals surface area contributed by atoms with Gasteiger partial charge in [0.15, 0.2) is 5.76 Å². The van der Waals surface area contributed by atoms with Gasteiger partial charge in [-0.25, -0.2) is 0 Å². The molecule has 1 aliphatic heterocycles. The molecule has 1 fully saturated rings. The molecular formula is C31H34N2O2S. The first kappa shape index (κ1) is 24.5. The van der Waals surface area contributed by atoms with Crippen molar-refractivity contribution in [2.24, 2.45) is 5.92 Å². The van der Waals surface area contributed by atoms with E-state index in [1.807, 2.05) is 0 Å². The predicted octanol–water partition coefficient (Wildman–Crippen LogP) is 7.56. The third-order valence-corrected chi connectivity index (χ3v) is 8.59. The first-order valence-electron chi connectivity index (χ1n) is 12.8. The van der Waals surface area contributed by atoms with Gasteiger partial charge in [-0.2, -0.15) is 0 Å². The highest BCUT2D eigenvalue weighted by atomic mass is 32.1. The Kier molecular flexibility index (Phi) is 7.40. The zero-order valence-corrected chi connectivity index (χ0v) is 22.1. The van der Waals surface area contributed by atoms with Crippen LogP contribution in [-0.2, 0) is 6.42 Å². The van der Waals surface area contributed by atoms with Gasteiger partial charge in [0.2, 0.25) is 0 Å². The van der Waals surface area contributed by atoms with Crippen LogP contribution in [0.5, 0.6) is 0 Å². The highest BCUT2D eigenvalue weighted by Crippen LogP contribution is 2.43. The van der Waals surface area contributed by atoms with Crippen molar-refractivity contribution in [3.8, 4) is 0 Å². The van der Waals surface area contributed by atoms with Crippen LogP contribution in [0.3, 0.4) is 0 Å². The minimum atomic E-state index is -0.202. The summed E-state index contributed by atoms with van der Waals surface area (Å²) in [5.41, 5.74) is 6.42. The number of amides is 1. The summed E-state index contributed by atoms with van der Waals surface area (Å²) in [6.07, 6.45) is 5.03. The smallest absolute Gasteiger partial charge is 0.291 e. The van der Waals surface area contributed by atoms with Crippen molar-refractivity contribution in [2.45, 2.75) is 46.1 Å². The fourth-order valence-electron chi connectivity index (χ4n) is 5.31. The molecule has 2 aromatic heterocycles. The lowest BCUT2D eigenvalue weighted by atomic mass is 9.87. The number of aryl methyl sites for hydroxylation is 2. The van der Waals surface area contributed by atoms with Crippen LogP contribution >= 0.6 is 11.3 Å². The third-order valence-electron chi connectivity index (χ3n) is 7.45. The maximum absolute atomic E-state index is 12.9. The molecule has 1 amide bonds. The van der Waals surface area contributed by atoms with Gasteiger partial charge in [-0.1, -0.05) is 60.2 Å². The van der Waals surface area contributed by atoms with Crippen LogP contribution in [0, 0.1) is 26.7 Å². The van der Waals surface area contributed by atoms with E-state index >= 15 is 0 Å². The molecule has 0 radical (unpaired) electrons. The van der Waals surface area contributed by atoms with Crippen molar-refractivity contribution in [2.75, 3.05) is 18.4 Å². The second kappa shape index (κ2) is 10.9. The molecule has 36 heavy (non-hydrogen) atoms. The van der Waals surface area contributed by atoms with Gasteiger partial charge in [0, 0.05) is 10.4 Å². The molecule has 1 atom stereocenters. The van der Waals surface area contributed by atoms with Crippen molar-refractivity contribution in [3.63, 3.8) is 0 Å². The van der Waals surface area contributed by atoms with E-state index < -0.39 is 0 Å². The van der Waals surface area contributed by atoms with E-state index in [1.54, 1.807) is 23.5 Å². The molecule has 1 N–H and O–H groups in total. The van der Waals surface area contributed by atoms with Crippen LogP contribution in [0.2, 0.25) is 0 Å². The normalized spacial score (nSPS) is 15.6. The standard InChI is InChI=1S/C31H34N2O2S/c1-21-11-13-26(14-12-21)29(33-17-15-25(16-18-33)20-24-8-5-4-6-9-24)28-22(2)23(3)36-31(28)32-30(34)27-10-7-19-35-27/h4-14,19,25,29H,15-18,20H2,1-3H3,(H,32,34)/t29-/m1/s1. The number of carbonyl (C=O) groups is 1. The van der Waals surface area contributed by atoms with Crippen LogP contribution in [0.15, 0.2) is 77.4 Å². The Bertz CT molecular complexity index is 1280. The topological polar surface area (TPSA) is 45.5 Å². The molecule has 1 saturated heterocycles. The lowest BCUT2D eigenvalue weighted by Crippen LogP contribution is -2.38. The van der Waals surface area contributed by atoms with E-state index in [1.165, 1.54) is 51.8 Å². The second-order valence-electron chi connectivity index (χ2n) is 9.94. The van der Waals surface area contributed by atoms with Crippen molar-refractivity contribution in [3.05, 3.63) is 111 Å². The zero-order valence-electron chi connectivity index (χ0n) is 21.3. The molecule has 186 valence electrons. The molecule has 5 heteroatoms. The van der Waals surface area contributed by atoms with E-state index in [0.29, 0.717) is 11.7 Å². The molecule has 0 saturated carbocycles. The number of rotatable bonds is 7. The number of carbonyl (C=O) groups excluding carboxylic acids is 1.